The summed E-state index contributed by atoms with van der Waals surface area (Å²) >= 11 is 0. The normalized spacial score (nSPS) is 11.7. The molecule has 2 N–H and O–H groups in total. The highest BCUT2D eigenvalue weighted by atomic mass is 32.2. The van der Waals surface area contributed by atoms with Crippen molar-refractivity contribution in [1.82, 2.24) is 9.21 Å². The second-order valence-electron chi connectivity index (χ2n) is 6.75. The minimum absolute atomic E-state index is 0.223. The number of nitrogens with zero attached hydrogens (tertiary/aromatic N) is 2. The van der Waals surface area contributed by atoms with Gasteiger partial charge in [-0.1, -0.05) is 38.1 Å². The van der Waals surface area contributed by atoms with E-state index in [-0.39, 0.29) is 10.8 Å². The van der Waals surface area contributed by atoms with Crippen LogP contribution < -0.4 is 5.73 Å². The molecule has 7 nitrogen and oxygen atoms in total. The zero-order valence-corrected chi connectivity index (χ0v) is 18.2. The molecule has 0 saturated carbocycles. The first-order valence-electron chi connectivity index (χ1n) is 9.61. The number of benzene rings is 2. The zero-order valence-electron chi connectivity index (χ0n) is 17.4. The van der Waals surface area contributed by atoms with E-state index in [1.165, 1.54) is 27.4 Å². The summed E-state index contributed by atoms with van der Waals surface area (Å²) in [6.45, 7) is 4.73. The lowest BCUT2D eigenvalue weighted by atomic mass is 10.1. The molecule has 8 heteroatoms. The second kappa shape index (κ2) is 10.2. The molecule has 0 aliphatic rings. The molecule has 2 amide bonds. The number of amides is 2. The number of nitrogens with two attached hydrogens (primary N) is 1. The van der Waals surface area contributed by atoms with Crippen molar-refractivity contribution in [3.05, 3.63) is 71.3 Å². The summed E-state index contributed by atoms with van der Waals surface area (Å²) in [5.41, 5.74) is 7.18. The molecule has 0 unspecified atom stereocenters. The Hall–Kier alpha value is -2.97. The zero-order chi connectivity index (χ0) is 22.3. The molecule has 2 aromatic carbocycles. The number of carbonyl (C=O) groups excluding carboxylic acids is 2. The van der Waals surface area contributed by atoms with Gasteiger partial charge in [0, 0.05) is 38.3 Å². The fourth-order valence-corrected chi connectivity index (χ4v) is 4.39. The van der Waals surface area contributed by atoms with E-state index in [4.69, 9.17) is 5.73 Å². The Bertz CT molecular complexity index is 1030. The fourth-order valence-electron chi connectivity index (χ4n) is 2.93. The molecule has 0 aliphatic carbocycles. The molecule has 0 aliphatic heterocycles. The average Bonchev–Trinajstić information content (AvgIpc) is 2.73. The van der Waals surface area contributed by atoms with E-state index < -0.39 is 15.9 Å². The van der Waals surface area contributed by atoms with E-state index in [0.29, 0.717) is 30.8 Å². The van der Waals surface area contributed by atoms with Gasteiger partial charge in [-0.15, -0.1) is 0 Å². The van der Waals surface area contributed by atoms with Gasteiger partial charge in [-0.3, -0.25) is 9.59 Å². The number of hydrogen-bond acceptors (Lipinski definition) is 4. The van der Waals surface area contributed by atoms with Crippen molar-refractivity contribution in [2.75, 3.05) is 20.1 Å². The van der Waals surface area contributed by atoms with Crippen LogP contribution in [0, 0.1) is 0 Å². The molecule has 0 bridgehead atoms. The van der Waals surface area contributed by atoms with Crippen LogP contribution in [-0.2, 0) is 21.4 Å². The summed E-state index contributed by atoms with van der Waals surface area (Å²) in [5.74, 6) is -0.739. The van der Waals surface area contributed by atoms with E-state index in [2.05, 4.69) is 0 Å². The van der Waals surface area contributed by atoms with E-state index in [9.17, 15) is 18.0 Å². The van der Waals surface area contributed by atoms with Gasteiger partial charge in [-0.2, -0.15) is 4.31 Å². The molecule has 2 rings (SSSR count). The van der Waals surface area contributed by atoms with Gasteiger partial charge < -0.3 is 10.6 Å². The molecule has 0 aromatic heterocycles. The van der Waals surface area contributed by atoms with Crippen molar-refractivity contribution in [3.63, 3.8) is 0 Å². The van der Waals surface area contributed by atoms with Crippen LogP contribution in [-0.4, -0.2) is 49.6 Å². The summed E-state index contributed by atoms with van der Waals surface area (Å²) in [5, 5.41) is 0. The predicted octanol–water partition coefficient (Wildman–Crippen LogP) is 2.49. The highest BCUT2D eigenvalue weighted by Gasteiger charge is 2.20. The van der Waals surface area contributed by atoms with Crippen LogP contribution in [0.5, 0.6) is 0 Å². The largest absolute Gasteiger partial charge is 0.366 e. The topological polar surface area (TPSA) is 101 Å². The monoisotopic (exact) mass is 429 g/mol. The van der Waals surface area contributed by atoms with Crippen LogP contribution in [0.4, 0.5) is 0 Å². The maximum atomic E-state index is 12.5. The van der Waals surface area contributed by atoms with Crippen LogP contribution in [0.25, 0.3) is 6.08 Å². The Kier molecular flexibility index (Phi) is 7.91. The Labute approximate surface area is 177 Å². The highest BCUT2D eigenvalue weighted by molar-refractivity contribution is 7.89. The standard InChI is InChI=1S/C22H27N3O4S/c1-4-25(5-2)30(28,29)20-12-9-17(10-13-20)11-14-21(26)24(3)16-18-7-6-8-19(15-18)22(23)27/h6-15H,4-5,16H2,1-3H3,(H2,23,27). The van der Waals surface area contributed by atoms with Crippen molar-refractivity contribution in [2.24, 2.45) is 5.73 Å². The number of carbonyl (C=O) groups is 2. The average molecular weight is 430 g/mol. The Morgan fingerprint density at radius 1 is 1.03 bits per heavy atom. The van der Waals surface area contributed by atoms with Crippen molar-refractivity contribution in [3.8, 4) is 0 Å². The quantitative estimate of drug-likeness (QED) is 0.619. The van der Waals surface area contributed by atoms with Gasteiger partial charge in [0.1, 0.15) is 0 Å². The van der Waals surface area contributed by atoms with Crippen molar-refractivity contribution < 1.29 is 18.0 Å². The Morgan fingerprint density at radius 2 is 1.67 bits per heavy atom. The minimum atomic E-state index is -3.51. The van der Waals surface area contributed by atoms with Gasteiger partial charge in [-0.25, -0.2) is 8.42 Å². The first kappa shape index (κ1) is 23.3. The number of hydrogen-bond donors (Lipinski definition) is 1. The third-order valence-electron chi connectivity index (χ3n) is 4.65. The van der Waals surface area contributed by atoms with Gasteiger partial charge in [-0.05, 0) is 41.5 Å². The van der Waals surface area contributed by atoms with Gasteiger partial charge in [0.15, 0.2) is 0 Å². The molecule has 30 heavy (non-hydrogen) atoms. The van der Waals surface area contributed by atoms with E-state index in [1.807, 2.05) is 6.07 Å². The highest BCUT2D eigenvalue weighted by Crippen LogP contribution is 2.17. The second-order valence-corrected chi connectivity index (χ2v) is 8.69. The van der Waals surface area contributed by atoms with E-state index >= 15 is 0 Å². The van der Waals surface area contributed by atoms with Crippen LogP contribution in [0.3, 0.4) is 0 Å². The third kappa shape index (κ3) is 5.77. The van der Waals surface area contributed by atoms with Crippen LogP contribution in [0.15, 0.2) is 59.5 Å². The van der Waals surface area contributed by atoms with E-state index in [0.717, 1.165) is 5.56 Å². The molecule has 0 radical (unpaired) electrons. The first-order valence-corrected chi connectivity index (χ1v) is 11.0. The Morgan fingerprint density at radius 3 is 2.23 bits per heavy atom. The minimum Gasteiger partial charge on any atom is -0.366 e. The van der Waals surface area contributed by atoms with Crippen LogP contribution in [0.2, 0.25) is 0 Å². The lowest BCUT2D eigenvalue weighted by molar-refractivity contribution is -0.125. The molecular formula is C22H27N3O4S. The summed E-state index contributed by atoms with van der Waals surface area (Å²) < 4.78 is 26.4. The van der Waals surface area contributed by atoms with Gasteiger partial charge in [0.05, 0.1) is 4.90 Å². The molecule has 160 valence electrons. The van der Waals surface area contributed by atoms with Crippen molar-refractivity contribution in [1.29, 1.82) is 0 Å². The summed E-state index contributed by atoms with van der Waals surface area (Å²) in [6.07, 6.45) is 3.05. The molecule has 0 fully saturated rings. The molecule has 0 atom stereocenters. The molecule has 0 saturated heterocycles. The maximum absolute atomic E-state index is 12.5. The summed E-state index contributed by atoms with van der Waals surface area (Å²) in [7, 11) is -1.85. The number of primary amides is 1. The number of likely N-dealkylation sites (N-methyl/N-ethyl adjacent to an activating group) is 1. The third-order valence-corrected chi connectivity index (χ3v) is 6.71. The van der Waals surface area contributed by atoms with Crippen LogP contribution in [0.1, 0.15) is 35.3 Å². The van der Waals surface area contributed by atoms with E-state index in [1.54, 1.807) is 57.3 Å². The first-order chi connectivity index (χ1) is 14.2. The molecule has 0 heterocycles. The lowest BCUT2D eigenvalue weighted by Crippen LogP contribution is -2.30. The molecular weight excluding hydrogens is 402 g/mol. The SMILES string of the molecule is CCN(CC)S(=O)(=O)c1ccc(C=CC(=O)N(C)Cc2cccc(C(N)=O)c2)cc1. The lowest BCUT2D eigenvalue weighted by Gasteiger charge is -2.18. The van der Waals surface area contributed by atoms with Gasteiger partial charge in [0.2, 0.25) is 21.8 Å². The van der Waals surface area contributed by atoms with Crippen molar-refractivity contribution in [2.45, 2.75) is 25.3 Å². The van der Waals surface area contributed by atoms with Gasteiger partial charge >= 0.3 is 0 Å². The summed E-state index contributed by atoms with van der Waals surface area (Å²) in [4.78, 5) is 25.4. The number of sulfonamides is 1. The maximum Gasteiger partial charge on any atom is 0.248 e. The molecule has 0 spiro atoms. The van der Waals surface area contributed by atoms with Crippen molar-refractivity contribution >= 4 is 27.9 Å². The fraction of sp³-hybridized carbons (Fsp3) is 0.273. The van der Waals surface area contributed by atoms with Crippen LogP contribution >= 0.6 is 0 Å². The predicted molar refractivity (Wildman–Crippen MR) is 117 cm³/mol. The Balaban J connectivity index is 2.05. The summed E-state index contributed by atoms with van der Waals surface area (Å²) in [6, 6.07) is 13.2. The van der Waals surface area contributed by atoms with Gasteiger partial charge in [0.25, 0.3) is 0 Å². The molecule has 2 aromatic rings. The smallest absolute Gasteiger partial charge is 0.248 e. The number of rotatable bonds is 9.